The molecule has 0 atom stereocenters. The zero-order chi connectivity index (χ0) is 18.2. The van der Waals surface area contributed by atoms with E-state index in [0.717, 1.165) is 5.56 Å². The van der Waals surface area contributed by atoms with Crippen LogP contribution in [0.25, 0.3) is 0 Å². The number of carbonyl (C=O) groups is 3. The van der Waals surface area contributed by atoms with Gasteiger partial charge in [0.1, 0.15) is 5.75 Å². The molecule has 0 saturated heterocycles. The lowest BCUT2D eigenvalue weighted by molar-refractivity contribution is -0.123. The van der Waals surface area contributed by atoms with Gasteiger partial charge in [0.05, 0.1) is 12.7 Å². The Hall–Kier alpha value is -3.15. The predicted molar refractivity (Wildman–Crippen MR) is 91.6 cm³/mol. The van der Waals surface area contributed by atoms with Crippen molar-refractivity contribution >= 4 is 17.7 Å². The number of methoxy groups -OCH3 is 1. The quantitative estimate of drug-likeness (QED) is 0.618. The van der Waals surface area contributed by atoms with Crippen LogP contribution in [0.3, 0.4) is 0 Å². The average molecular weight is 341 g/mol. The third-order valence-electron chi connectivity index (χ3n) is 3.50. The van der Waals surface area contributed by atoms with Crippen LogP contribution in [0.5, 0.6) is 5.75 Å². The summed E-state index contributed by atoms with van der Waals surface area (Å²) in [6, 6.07) is 13.4. The van der Waals surface area contributed by atoms with Crippen molar-refractivity contribution < 1.29 is 23.9 Å². The average Bonchev–Trinajstić information content (AvgIpc) is 2.64. The molecule has 1 amide bonds. The van der Waals surface area contributed by atoms with Gasteiger partial charge in [0.2, 0.25) is 0 Å². The number of hydrogen-bond acceptors (Lipinski definition) is 5. The van der Waals surface area contributed by atoms with Crippen LogP contribution in [-0.4, -0.2) is 31.4 Å². The molecule has 2 aromatic carbocycles. The second kappa shape index (κ2) is 8.63. The summed E-state index contributed by atoms with van der Waals surface area (Å²) in [7, 11) is 1.32. The molecule has 0 fully saturated rings. The number of Topliss-reactive ketones (excluding diaryl/α,β-unsaturated/α-hetero) is 1. The van der Waals surface area contributed by atoms with Gasteiger partial charge in [-0.1, -0.05) is 12.1 Å². The Labute approximate surface area is 145 Å². The molecule has 0 radical (unpaired) electrons. The summed E-state index contributed by atoms with van der Waals surface area (Å²) < 4.78 is 10.00. The number of ether oxygens (including phenoxy) is 2. The fourth-order valence-electron chi connectivity index (χ4n) is 2.06. The van der Waals surface area contributed by atoms with E-state index in [-0.39, 0.29) is 18.3 Å². The molecule has 130 valence electrons. The number of carbonyl (C=O) groups excluding carboxylic acids is 3. The maximum absolute atomic E-state index is 11.8. The van der Waals surface area contributed by atoms with Crippen molar-refractivity contribution in [1.29, 1.82) is 0 Å². The monoisotopic (exact) mass is 341 g/mol. The number of ketones is 1. The van der Waals surface area contributed by atoms with E-state index < -0.39 is 5.97 Å². The second-order valence-electron chi connectivity index (χ2n) is 5.33. The van der Waals surface area contributed by atoms with Gasteiger partial charge in [-0.2, -0.15) is 0 Å². The zero-order valence-corrected chi connectivity index (χ0v) is 14.1. The highest BCUT2D eigenvalue weighted by molar-refractivity contribution is 5.94. The van der Waals surface area contributed by atoms with E-state index in [1.807, 2.05) is 0 Å². The fraction of sp³-hybridized carbons (Fsp3) is 0.211. The van der Waals surface area contributed by atoms with E-state index in [0.29, 0.717) is 23.4 Å². The Kier molecular flexibility index (Phi) is 6.28. The maximum Gasteiger partial charge on any atom is 0.337 e. The van der Waals surface area contributed by atoms with Crippen molar-refractivity contribution in [3.8, 4) is 5.75 Å². The molecule has 2 aromatic rings. The van der Waals surface area contributed by atoms with E-state index in [1.54, 1.807) is 48.5 Å². The lowest BCUT2D eigenvalue weighted by Crippen LogP contribution is -2.28. The number of hydrogen-bond donors (Lipinski definition) is 1. The molecule has 6 nitrogen and oxygen atoms in total. The van der Waals surface area contributed by atoms with Crippen molar-refractivity contribution in [2.75, 3.05) is 13.7 Å². The van der Waals surface area contributed by atoms with Crippen molar-refractivity contribution in [3.05, 3.63) is 65.2 Å². The van der Waals surface area contributed by atoms with Crippen molar-refractivity contribution in [2.24, 2.45) is 0 Å². The second-order valence-corrected chi connectivity index (χ2v) is 5.33. The van der Waals surface area contributed by atoms with E-state index in [1.165, 1.54) is 14.0 Å². The standard InChI is InChI=1S/C19H19NO5/c1-13(21)15-7-9-17(10-8-15)25-12-18(22)20-11-14-3-5-16(6-4-14)19(23)24-2/h3-10H,11-12H2,1-2H3,(H,20,22). The van der Waals surface area contributed by atoms with Gasteiger partial charge in [-0.25, -0.2) is 4.79 Å². The Morgan fingerprint density at radius 3 is 2.08 bits per heavy atom. The lowest BCUT2D eigenvalue weighted by Gasteiger charge is -2.08. The van der Waals surface area contributed by atoms with E-state index in [2.05, 4.69) is 10.1 Å². The molecule has 0 heterocycles. The number of rotatable bonds is 7. The van der Waals surface area contributed by atoms with Crippen molar-refractivity contribution in [2.45, 2.75) is 13.5 Å². The molecule has 25 heavy (non-hydrogen) atoms. The van der Waals surface area contributed by atoms with Crippen molar-refractivity contribution in [1.82, 2.24) is 5.32 Å². The Morgan fingerprint density at radius 2 is 1.52 bits per heavy atom. The summed E-state index contributed by atoms with van der Waals surface area (Å²) in [6.45, 7) is 1.69. The lowest BCUT2D eigenvalue weighted by atomic mass is 10.1. The highest BCUT2D eigenvalue weighted by atomic mass is 16.5. The number of benzene rings is 2. The van der Waals surface area contributed by atoms with Crippen LogP contribution in [0.2, 0.25) is 0 Å². The predicted octanol–water partition coefficient (Wildman–Crippen LogP) is 2.37. The first kappa shape index (κ1) is 18.2. The number of nitrogens with one attached hydrogen (secondary N) is 1. The van der Waals surface area contributed by atoms with Crippen LogP contribution in [-0.2, 0) is 16.1 Å². The zero-order valence-electron chi connectivity index (χ0n) is 14.1. The smallest absolute Gasteiger partial charge is 0.337 e. The molecule has 0 aliphatic heterocycles. The molecule has 0 unspecified atom stereocenters. The summed E-state index contributed by atoms with van der Waals surface area (Å²) in [5.74, 6) is -0.183. The summed E-state index contributed by atoms with van der Waals surface area (Å²) >= 11 is 0. The third-order valence-corrected chi connectivity index (χ3v) is 3.50. The maximum atomic E-state index is 11.8. The molecule has 0 bridgehead atoms. The van der Waals surface area contributed by atoms with Crippen LogP contribution in [0.15, 0.2) is 48.5 Å². The van der Waals surface area contributed by atoms with Crippen LogP contribution >= 0.6 is 0 Å². The fourth-order valence-corrected chi connectivity index (χ4v) is 2.06. The molecule has 6 heteroatoms. The third kappa shape index (κ3) is 5.46. The topological polar surface area (TPSA) is 81.7 Å². The summed E-state index contributed by atoms with van der Waals surface area (Å²) in [6.07, 6.45) is 0. The minimum Gasteiger partial charge on any atom is -0.484 e. The number of esters is 1. The van der Waals surface area contributed by atoms with Gasteiger partial charge in [-0.3, -0.25) is 9.59 Å². The Balaban J connectivity index is 1.78. The summed E-state index contributed by atoms with van der Waals surface area (Å²) in [5, 5.41) is 2.73. The Morgan fingerprint density at radius 1 is 0.920 bits per heavy atom. The van der Waals surface area contributed by atoms with Crippen LogP contribution in [0, 0.1) is 0 Å². The largest absolute Gasteiger partial charge is 0.484 e. The molecule has 0 spiro atoms. The Bertz CT molecular complexity index is 750. The van der Waals surface area contributed by atoms with Gasteiger partial charge in [0.25, 0.3) is 5.91 Å². The van der Waals surface area contributed by atoms with Crippen LogP contribution < -0.4 is 10.1 Å². The van der Waals surface area contributed by atoms with Gasteiger partial charge >= 0.3 is 5.97 Å². The molecule has 1 N–H and O–H groups in total. The number of amides is 1. The minimum absolute atomic E-state index is 0.0255. The molecular weight excluding hydrogens is 322 g/mol. The van der Waals surface area contributed by atoms with Gasteiger partial charge in [0.15, 0.2) is 12.4 Å². The van der Waals surface area contributed by atoms with Gasteiger partial charge in [-0.05, 0) is 48.9 Å². The van der Waals surface area contributed by atoms with Crippen LogP contribution in [0.4, 0.5) is 0 Å². The first-order valence-corrected chi connectivity index (χ1v) is 7.67. The summed E-state index contributed by atoms with van der Waals surface area (Å²) in [5.41, 5.74) is 1.90. The normalized spacial score (nSPS) is 10.0. The first-order valence-electron chi connectivity index (χ1n) is 7.67. The highest BCUT2D eigenvalue weighted by Gasteiger charge is 2.06. The summed E-state index contributed by atoms with van der Waals surface area (Å²) in [4.78, 5) is 34.4. The molecule has 2 rings (SSSR count). The van der Waals surface area contributed by atoms with E-state index in [9.17, 15) is 14.4 Å². The van der Waals surface area contributed by atoms with Gasteiger partial charge in [0, 0.05) is 12.1 Å². The van der Waals surface area contributed by atoms with Gasteiger partial charge < -0.3 is 14.8 Å². The van der Waals surface area contributed by atoms with E-state index >= 15 is 0 Å². The molecular formula is C19H19NO5. The molecule has 0 aliphatic carbocycles. The molecule has 0 aromatic heterocycles. The minimum atomic E-state index is -0.403. The van der Waals surface area contributed by atoms with Crippen LogP contribution in [0.1, 0.15) is 33.2 Å². The van der Waals surface area contributed by atoms with Crippen molar-refractivity contribution in [3.63, 3.8) is 0 Å². The highest BCUT2D eigenvalue weighted by Crippen LogP contribution is 2.12. The SMILES string of the molecule is COC(=O)c1ccc(CNC(=O)COc2ccc(C(C)=O)cc2)cc1. The molecule has 0 saturated carbocycles. The first-order chi connectivity index (χ1) is 12.0. The molecule has 0 aliphatic rings. The van der Waals surface area contributed by atoms with Gasteiger partial charge in [-0.15, -0.1) is 0 Å². The van der Waals surface area contributed by atoms with E-state index in [4.69, 9.17) is 4.74 Å².